The van der Waals surface area contributed by atoms with E-state index in [1.54, 1.807) is 0 Å². The number of rotatable bonds is 8. The van der Waals surface area contributed by atoms with Gasteiger partial charge in [-0.1, -0.05) is 13.8 Å². The summed E-state index contributed by atoms with van der Waals surface area (Å²) in [4.78, 5) is 22.0. The van der Waals surface area contributed by atoms with E-state index >= 15 is 0 Å². The number of nitrogens with one attached hydrogen (secondary N) is 2. The van der Waals surface area contributed by atoms with E-state index in [9.17, 15) is 10.1 Å². The quantitative estimate of drug-likeness (QED) is 0.373. The molecule has 2 aromatic heterocycles. The second-order valence-electron chi connectivity index (χ2n) is 4.80. The first-order chi connectivity index (χ1) is 11.5. The van der Waals surface area contributed by atoms with Gasteiger partial charge in [0.15, 0.2) is 5.76 Å². The lowest BCUT2D eigenvalue weighted by Gasteiger charge is -2.14. The molecule has 0 aliphatic carbocycles. The van der Waals surface area contributed by atoms with E-state index in [0.717, 1.165) is 12.8 Å². The first-order valence-corrected chi connectivity index (χ1v) is 7.33. The van der Waals surface area contributed by atoms with Crippen LogP contribution in [0.2, 0.25) is 0 Å². The lowest BCUT2D eigenvalue weighted by atomic mass is 10.2. The van der Waals surface area contributed by atoms with E-state index in [0.29, 0.717) is 5.95 Å². The number of hydrogen-bond acceptors (Lipinski definition) is 10. The van der Waals surface area contributed by atoms with Crippen molar-refractivity contribution in [2.45, 2.75) is 32.7 Å². The molecule has 0 bridgehead atoms. The van der Waals surface area contributed by atoms with Crippen molar-refractivity contribution in [3.63, 3.8) is 0 Å². The van der Waals surface area contributed by atoms with Gasteiger partial charge in [0.2, 0.25) is 17.8 Å². The number of nitro groups is 1. The predicted molar refractivity (Wildman–Crippen MR) is 88.8 cm³/mol. The fourth-order valence-corrected chi connectivity index (χ4v) is 1.85. The third-order valence-corrected chi connectivity index (χ3v) is 3.12. The van der Waals surface area contributed by atoms with Gasteiger partial charge in [0.05, 0.1) is 12.3 Å². The van der Waals surface area contributed by atoms with Crippen LogP contribution in [0.3, 0.4) is 0 Å². The Balaban J connectivity index is 2.04. The lowest BCUT2D eigenvalue weighted by molar-refractivity contribution is -0.402. The van der Waals surface area contributed by atoms with Crippen molar-refractivity contribution in [1.82, 2.24) is 15.0 Å². The summed E-state index contributed by atoms with van der Waals surface area (Å²) < 4.78 is 4.93. The smallest absolute Gasteiger partial charge is 0.400 e. The normalized spacial score (nSPS) is 11.1. The second-order valence-corrected chi connectivity index (χ2v) is 4.80. The van der Waals surface area contributed by atoms with Gasteiger partial charge in [-0.25, -0.2) is 5.43 Å². The molecule has 0 saturated carbocycles. The number of furan rings is 1. The summed E-state index contributed by atoms with van der Waals surface area (Å²) in [5.41, 5.74) is 8.23. The zero-order chi connectivity index (χ0) is 17.5. The van der Waals surface area contributed by atoms with Gasteiger partial charge in [0.25, 0.3) is 0 Å². The van der Waals surface area contributed by atoms with Crippen molar-refractivity contribution < 1.29 is 9.34 Å². The van der Waals surface area contributed by atoms with Crippen LogP contribution in [0, 0.1) is 10.1 Å². The summed E-state index contributed by atoms with van der Waals surface area (Å²) in [5.74, 6) is 0.393. The number of nitrogen functional groups attached to an aromatic ring is 1. The summed E-state index contributed by atoms with van der Waals surface area (Å²) in [6, 6.07) is 2.89. The molecule has 0 unspecified atom stereocenters. The molecule has 4 N–H and O–H groups in total. The zero-order valence-corrected chi connectivity index (χ0v) is 13.3. The van der Waals surface area contributed by atoms with E-state index in [1.807, 2.05) is 0 Å². The van der Waals surface area contributed by atoms with Crippen LogP contribution in [-0.4, -0.2) is 32.1 Å². The molecule has 0 aliphatic rings. The first kappa shape index (κ1) is 17.1. The molecule has 0 fully saturated rings. The fourth-order valence-electron chi connectivity index (χ4n) is 1.85. The Hall–Kier alpha value is -3.24. The molecule has 2 aromatic rings. The molecule has 0 atom stereocenters. The highest BCUT2D eigenvalue weighted by molar-refractivity contribution is 5.76. The maximum Gasteiger partial charge on any atom is 0.433 e. The molecule has 24 heavy (non-hydrogen) atoms. The Labute approximate surface area is 137 Å². The molecule has 11 nitrogen and oxygen atoms in total. The van der Waals surface area contributed by atoms with Crippen LogP contribution >= 0.6 is 0 Å². The Morgan fingerprint density at radius 2 is 2.04 bits per heavy atom. The zero-order valence-electron chi connectivity index (χ0n) is 13.3. The molecule has 0 aliphatic heterocycles. The number of hydrogen-bond donors (Lipinski definition) is 3. The van der Waals surface area contributed by atoms with Gasteiger partial charge in [0.1, 0.15) is 4.92 Å². The third-order valence-electron chi connectivity index (χ3n) is 3.12. The number of nitrogens with zero attached hydrogens (tertiary/aromatic N) is 5. The van der Waals surface area contributed by atoms with Crippen LogP contribution in [0.25, 0.3) is 0 Å². The Bertz CT molecular complexity index is 726. The van der Waals surface area contributed by atoms with E-state index in [1.165, 1.54) is 18.3 Å². The molecule has 2 rings (SSSR count). The van der Waals surface area contributed by atoms with Crippen LogP contribution in [0.15, 0.2) is 21.7 Å². The van der Waals surface area contributed by atoms with Gasteiger partial charge in [-0.2, -0.15) is 20.1 Å². The van der Waals surface area contributed by atoms with Crippen molar-refractivity contribution in [2.75, 3.05) is 16.5 Å². The maximum atomic E-state index is 10.5. The van der Waals surface area contributed by atoms with Gasteiger partial charge >= 0.3 is 5.88 Å². The van der Waals surface area contributed by atoms with Gasteiger partial charge < -0.3 is 15.5 Å². The molecule has 128 valence electrons. The molecule has 2 heterocycles. The molecule has 0 aromatic carbocycles. The van der Waals surface area contributed by atoms with E-state index in [4.69, 9.17) is 10.2 Å². The summed E-state index contributed by atoms with van der Waals surface area (Å²) in [7, 11) is 0. The van der Waals surface area contributed by atoms with E-state index in [-0.39, 0.29) is 29.6 Å². The predicted octanol–water partition coefficient (Wildman–Crippen LogP) is 2.00. The largest absolute Gasteiger partial charge is 0.433 e. The van der Waals surface area contributed by atoms with Crippen molar-refractivity contribution in [1.29, 1.82) is 0 Å². The van der Waals surface area contributed by atoms with Crippen molar-refractivity contribution >= 4 is 29.9 Å². The van der Waals surface area contributed by atoms with E-state index in [2.05, 4.69) is 44.6 Å². The lowest BCUT2D eigenvalue weighted by Crippen LogP contribution is -2.20. The van der Waals surface area contributed by atoms with Crippen LogP contribution in [0.1, 0.15) is 32.4 Å². The van der Waals surface area contributed by atoms with Crippen molar-refractivity contribution in [3.8, 4) is 0 Å². The highest BCUT2D eigenvalue weighted by atomic mass is 16.6. The van der Waals surface area contributed by atoms with Gasteiger partial charge in [-0.15, -0.1) is 0 Å². The minimum absolute atomic E-state index is 0.0461. The van der Waals surface area contributed by atoms with Gasteiger partial charge in [-0.05, 0) is 18.9 Å². The van der Waals surface area contributed by atoms with Crippen LogP contribution in [0.4, 0.5) is 23.7 Å². The second kappa shape index (κ2) is 7.85. The SMILES string of the molecule is CCC(CC)Nc1nc(N)nc(N/N=C/c2ccc([N+](=O)[O-])o2)n1. The van der Waals surface area contributed by atoms with E-state index < -0.39 is 4.92 Å². The molecule has 0 saturated heterocycles. The minimum Gasteiger partial charge on any atom is -0.400 e. The van der Waals surface area contributed by atoms with Gasteiger partial charge in [-0.3, -0.25) is 10.1 Å². The van der Waals surface area contributed by atoms with Gasteiger partial charge in [0, 0.05) is 6.04 Å². The third kappa shape index (κ3) is 4.63. The topological polar surface area (TPSA) is 157 Å². The van der Waals surface area contributed by atoms with Crippen LogP contribution in [0.5, 0.6) is 0 Å². The summed E-state index contributed by atoms with van der Waals surface area (Å²) in [5, 5.41) is 17.5. The highest BCUT2D eigenvalue weighted by Gasteiger charge is 2.11. The number of anilines is 3. The summed E-state index contributed by atoms with van der Waals surface area (Å²) in [6.07, 6.45) is 3.10. The number of aromatic nitrogens is 3. The first-order valence-electron chi connectivity index (χ1n) is 7.33. The summed E-state index contributed by atoms with van der Waals surface area (Å²) >= 11 is 0. The molecule has 11 heteroatoms. The Morgan fingerprint density at radius 3 is 2.67 bits per heavy atom. The van der Waals surface area contributed by atoms with Crippen molar-refractivity contribution in [2.24, 2.45) is 5.10 Å². The molecular formula is C13H18N8O3. The highest BCUT2D eigenvalue weighted by Crippen LogP contribution is 2.14. The monoisotopic (exact) mass is 334 g/mol. The minimum atomic E-state index is -0.632. The number of hydrazone groups is 1. The molecule has 0 amide bonds. The Kier molecular flexibility index (Phi) is 5.60. The standard InChI is InChI=1S/C13H18N8O3/c1-3-8(4-2)16-12-17-11(14)18-13(19-12)20-15-7-9-5-6-10(24-9)21(22)23/h5-8H,3-4H2,1-2H3,(H4,14,16,17,18,19,20)/b15-7+. The Morgan fingerprint density at radius 1 is 1.33 bits per heavy atom. The average Bonchev–Trinajstić information content (AvgIpc) is 3.01. The van der Waals surface area contributed by atoms with Crippen LogP contribution < -0.4 is 16.5 Å². The fraction of sp³-hybridized carbons (Fsp3) is 0.385. The maximum absolute atomic E-state index is 10.5. The average molecular weight is 334 g/mol. The number of nitrogens with two attached hydrogens (primary N) is 1. The molecule has 0 radical (unpaired) electrons. The van der Waals surface area contributed by atoms with Crippen LogP contribution in [-0.2, 0) is 0 Å². The summed E-state index contributed by atoms with van der Waals surface area (Å²) in [6.45, 7) is 4.11. The van der Waals surface area contributed by atoms with Crippen molar-refractivity contribution in [3.05, 3.63) is 28.0 Å². The molecular weight excluding hydrogens is 316 g/mol. The molecule has 0 spiro atoms.